The first-order chi connectivity index (χ1) is 34.3. The van der Waals surface area contributed by atoms with E-state index in [2.05, 4.69) is 19.9 Å². The third kappa shape index (κ3) is 19.8. The minimum Gasteiger partial charge on any atom is -0.494 e. The Kier molecular flexibility index (Phi) is 24.5. The lowest BCUT2D eigenvalue weighted by Gasteiger charge is -2.13. The van der Waals surface area contributed by atoms with Crippen molar-refractivity contribution in [3.05, 3.63) is 132 Å². The minimum absolute atomic E-state index is 0.0992. The molecule has 0 aromatic heterocycles. The van der Waals surface area contributed by atoms with E-state index < -0.39 is 11.9 Å². The number of unbranched alkanes of at least 4 members (excludes halogenated alkanes) is 12. The van der Waals surface area contributed by atoms with E-state index in [1.54, 1.807) is 30.3 Å². The molecule has 0 amide bonds. The lowest BCUT2D eigenvalue weighted by molar-refractivity contribution is -0.134. The number of hydrogen-bond donors (Lipinski definition) is 0. The van der Waals surface area contributed by atoms with Crippen LogP contribution in [0.15, 0.2) is 115 Å². The highest BCUT2D eigenvalue weighted by Gasteiger charge is 2.19. The van der Waals surface area contributed by atoms with Crippen molar-refractivity contribution >= 4 is 17.9 Å². The Morgan fingerprint density at radius 3 is 1.53 bits per heavy atom. The molecule has 0 bridgehead atoms. The number of esters is 3. The zero-order chi connectivity index (χ0) is 49.6. The zero-order valence-electron chi connectivity index (χ0n) is 41.7. The second-order valence-corrected chi connectivity index (χ2v) is 17.8. The van der Waals surface area contributed by atoms with Crippen LogP contribution in [0.4, 0.5) is 0 Å². The van der Waals surface area contributed by atoms with Crippen molar-refractivity contribution in [3.63, 3.8) is 0 Å². The Balaban J connectivity index is 1.00. The van der Waals surface area contributed by atoms with E-state index in [1.807, 2.05) is 91.9 Å². The maximum absolute atomic E-state index is 13.3. The quantitative estimate of drug-likeness (QED) is 0.0228. The van der Waals surface area contributed by atoms with Crippen LogP contribution in [-0.2, 0) is 14.3 Å². The van der Waals surface area contributed by atoms with Crippen LogP contribution in [0.1, 0.15) is 163 Å². The molecule has 0 heterocycles. The van der Waals surface area contributed by atoms with Gasteiger partial charge in [0.2, 0.25) is 0 Å². The van der Waals surface area contributed by atoms with Crippen LogP contribution in [0.3, 0.4) is 0 Å². The summed E-state index contributed by atoms with van der Waals surface area (Å²) >= 11 is 0. The monoisotopic (exact) mass is 952 g/mol. The molecule has 10 heteroatoms. The maximum atomic E-state index is 13.3. The summed E-state index contributed by atoms with van der Waals surface area (Å²) in [5.41, 5.74) is 5.45. The van der Waals surface area contributed by atoms with Crippen LogP contribution in [0.2, 0.25) is 0 Å². The Morgan fingerprint density at radius 1 is 0.500 bits per heavy atom. The van der Waals surface area contributed by atoms with E-state index in [0.717, 1.165) is 91.5 Å². The number of benzene rings is 5. The Morgan fingerprint density at radius 2 is 0.957 bits per heavy atom. The van der Waals surface area contributed by atoms with E-state index in [4.69, 9.17) is 33.7 Å². The van der Waals surface area contributed by atoms with Gasteiger partial charge in [0.25, 0.3) is 0 Å². The lowest BCUT2D eigenvalue weighted by Crippen LogP contribution is -2.15. The van der Waals surface area contributed by atoms with Crippen LogP contribution in [-0.4, -0.2) is 50.4 Å². The van der Waals surface area contributed by atoms with Gasteiger partial charge in [0.15, 0.2) is 0 Å². The fourth-order valence-electron chi connectivity index (χ4n) is 7.83. The molecule has 0 radical (unpaired) electrons. The molecule has 70 heavy (non-hydrogen) atoms. The molecule has 5 rings (SSSR count). The van der Waals surface area contributed by atoms with Gasteiger partial charge in [0.1, 0.15) is 28.6 Å². The molecule has 10 nitrogen and oxygen atoms in total. The van der Waals surface area contributed by atoms with E-state index in [1.165, 1.54) is 38.5 Å². The normalized spacial score (nSPS) is 11.3. The van der Waals surface area contributed by atoms with Gasteiger partial charge in [-0.15, -0.1) is 0 Å². The van der Waals surface area contributed by atoms with E-state index in [-0.39, 0.29) is 36.4 Å². The molecule has 0 aliphatic heterocycles. The second kappa shape index (κ2) is 31.5. The van der Waals surface area contributed by atoms with Crippen molar-refractivity contribution in [2.75, 3.05) is 26.4 Å². The van der Waals surface area contributed by atoms with Gasteiger partial charge in [-0.25, -0.2) is 9.59 Å². The number of carbonyl (C=O) groups excluding carboxylic acids is 3. The fourth-order valence-corrected chi connectivity index (χ4v) is 7.83. The number of nitrogens with zero attached hydrogens (tertiary/aromatic N) is 1. The number of carbonyl (C=O) groups is 3. The minimum atomic E-state index is -0.555. The van der Waals surface area contributed by atoms with Crippen molar-refractivity contribution in [3.8, 4) is 51.3 Å². The summed E-state index contributed by atoms with van der Waals surface area (Å²) in [5.74, 6) is 0.929. The first kappa shape index (κ1) is 54.3. The van der Waals surface area contributed by atoms with Crippen LogP contribution in [0.25, 0.3) is 22.3 Å². The molecule has 0 fully saturated rings. The van der Waals surface area contributed by atoms with Crippen LogP contribution < -0.4 is 18.9 Å². The van der Waals surface area contributed by atoms with Crippen LogP contribution >= 0.6 is 0 Å². The summed E-state index contributed by atoms with van der Waals surface area (Å²) in [4.78, 5) is 39.0. The zero-order valence-corrected chi connectivity index (χ0v) is 41.7. The van der Waals surface area contributed by atoms with Gasteiger partial charge in [0, 0.05) is 12.5 Å². The van der Waals surface area contributed by atoms with Crippen molar-refractivity contribution in [1.82, 2.24) is 0 Å². The highest BCUT2D eigenvalue weighted by atomic mass is 16.6. The maximum Gasteiger partial charge on any atom is 0.341 e. The first-order valence-electron chi connectivity index (χ1n) is 25.7. The summed E-state index contributed by atoms with van der Waals surface area (Å²) in [6.45, 7) is 8.13. The average Bonchev–Trinajstić information content (AvgIpc) is 3.38. The summed E-state index contributed by atoms with van der Waals surface area (Å²) in [6, 6.07) is 37.8. The molecule has 5 aromatic rings. The number of rotatable bonds is 33. The lowest BCUT2D eigenvalue weighted by atomic mass is 10.0. The average molecular weight is 952 g/mol. The summed E-state index contributed by atoms with van der Waals surface area (Å²) in [5, 5.41) is 9.05. The van der Waals surface area contributed by atoms with Crippen molar-refractivity contribution in [1.29, 1.82) is 5.26 Å². The van der Waals surface area contributed by atoms with Crippen LogP contribution in [0.5, 0.6) is 23.0 Å². The standard InChI is InChI=1S/C60H73NO9/c1-4-6-8-10-11-16-42-67-55-38-39-56(57(44-55)70-58(62)21-15-12-17-40-65-53-34-30-50(31-35-53)48-24-22-47(45-61)23-25-48)60(64)68-43-19-13-18-41-66-54-36-32-51(33-37-54)49-26-28-52(29-27-49)59(63)69-46(3)20-14-9-7-5-2/h22-39,44,46H,4-21,40-43H2,1-3H3/t46-/m1/s1. The highest BCUT2D eigenvalue weighted by molar-refractivity contribution is 5.94. The Bertz CT molecular complexity index is 2330. The fraction of sp³-hybridized carbons (Fsp3) is 0.433. The highest BCUT2D eigenvalue weighted by Crippen LogP contribution is 2.28. The molecule has 0 saturated carbocycles. The molecule has 0 N–H and O–H groups in total. The predicted octanol–water partition coefficient (Wildman–Crippen LogP) is 15.1. The molecular weight excluding hydrogens is 879 g/mol. The largest absolute Gasteiger partial charge is 0.494 e. The molecule has 0 aliphatic rings. The Labute approximate surface area is 416 Å². The van der Waals surface area contributed by atoms with Crippen molar-refractivity contribution < 1.29 is 42.8 Å². The van der Waals surface area contributed by atoms with Crippen LogP contribution in [0, 0.1) is 11.3 Å². The number of nitriles is 1. The predicted molar refractivity (Wildman–Crippen MR) is 277 cm³/mol. The van der Waals surface area contributed by atoms with Gasteiger partial charge in [-0.05, 0) is 148 Å². The van der Waals surface area contributed by atoms with Gasteiger partial charge in [-0.3, -0.25) is 4.79 Å². The third-order valence-electron chi connectivity index (χ3n) is 12.0. The number of hydrogen-bond acceptors (Lipinski definition) is 10. The summed E-state index contributed by atoms with van der Waals surface area (Å²) in [7, 11) is 0. The van der Waals surface area contributed by atoms with E-state index in [0.29, 0.717) is 49.5 Å². The van der Waals surface area contributed by atoms with Gasteiger partial charge in [0.05, 0.1) is 49.7 Å². The third-order valence-corrected chi connectivity index (χ3v) is 12.0. The summed E-state index contributed by atoms with van der Waals surface area (Å²) < 4.78 is 35.0. The molecule has 0 aliphatic carbocycles. The first-order valence-corrected chi connectivity index (χ1v) is 25.7. The van der Waals surface area contributed by atoms with Crippen molar-refractivity contribution in [2.24, 2.45) is 0 Å². The molecule has 0 spiro atoms. The van der Waals surface area contributed by atoms with Gasteiger partial charge in [-0.2, -0.15) is 5.26 Å². The van der Waals surface area contributed by atoms with Gasteiger partial charge < -0.3 is 28.4 Å². The Hall–Kier alpha value is -6.60. The molecule has 1 atom stereocenters. The molecule has 0 unspecified atom stereocenters. The molecule has 5 aromatic carbocycles. The molecule has 0 saturated heterocycles. The molecule has 372 valence electrons. The smallest absolute Gasteiger partial charge is 0.341 e. The summed E-state index contributed by atoms with van der Waals surface area (Å²) in [6.07, 6.45) is 16.8. The topological polar surface area (TPSA) is 130 Å². The van der Waals surface area contributed by atoms with E-state index >= 15 is 0 Å². The molecular formula is C60H73NO9. The van der Waals surface area contributed by atoms with Crippen molar-refractivity contribution in [2.45, 2.75) is 142 Å². The number of ether oxygens (including phenoxy) is 6. The van der Waals surface area contributed by atoms with Gasteiger partial charge >= 0.3 is 17.9 Å². The SMILES string of the molecule is CCCCCCCCOc1ccc(C(=O)OCCCCCOc2ccc(-c3ccc(C(=O)O[C@H](C)CCCCCC)cc3)cc2)c(OC(=O)CCCCCOc2ccc(-c3ccc(C#N)cc3)cc2)c1. The second-order valence-electron chi connectivity index (χ2n) is 17.8. The van der Waals surface area contributed by atoms with E-state index in [9.17, 15) is 14.4 Å². The van der Waals surface area contributed by atoms with Gasteiger partial charge in [-0.1, -0.05) is 114 Å².